The molecule has 4 atom stereocenters. The van der Waals surface area contributed by atoms with Crippen LogP contribution in [-0.4, -0.2) is 52.6 Å². The molecule has 0 spiro atoms. The van der Waals surface area contributed by atoms with Crippen molar-refractivity contribution in [2.75, 3.05) is 5.75 Å². The Morgan fingerprint density at radius 3 is 2.34 bits per heavy atom. The highest BCUT2D eigenvalue weighted by Crippen LogP contribution is 2.37. The second-order valence-corrected chi connectivity index (χ2v) is 7.64. The van der Waals surface area contributed by atoms with E-state index in [1.54, 1.807) is 25.1 Å². The van der Waals surface area contributed by atoms with Crippen LogP contribution in [0.25, 0.3) is 11.0 Å². The van der Waals surface area contributed by atoms with Gasteiger partial charge in [-0.3, -0.25) is 14.4 Å². The van der Waals surface area contributed by atoms with E-state index in [1.807, 2.05) is 0 Å². The fraction of sp³-hybridized carbons (Fsp3) is 0.474. The quantitative estimate of drug-likeness (QED) is 0.524. The molecule has 2 heterocycles. The Morgan fingerprint density at radius 1 is 1.03 bits per heavy atom. The third-order valence-corrected chi connectivity index (χ3v) is 5.39. The summed E-state index contributed by atoms with van der Waals surface area (Å²) in [6.07, 6.45) is -2.78. The van der Waals surface area contributed by atoms with Gasteiger partial charge < -0.3 is 23.5 Å². The molecule has 1 fully saturated rings. The van der Waals surface area contributed by atoms with Gasteiger partial charge in [-0.15, -0.1) is 11.8 Å². The average Bonchev–Trinajstić information content (AvgIpc) is 3.01. The predicted molar refractivity (Wildman–Crippen MR) is 102 cm³/mol. The van der Waals surface area contributed by atoms with Gasteiger partial charge in [0.25, 0.3) is 0 Å². The van der Waals surface area contributed by atoms with Gasteiger partial charge in [-0.25, -0.2) is 0 Å². The molecule has 9 nitrogen and oxygen atoms in total. The molecule has 1 aromatic carbocycles. The standard InChI is InChI=1S/C19H21NO8S/c1-9-16-13(6-5-7-14(16)28-20-9)27-19-18(26-12(4)23)17(25-11(3)22)15(8-29-19)24-10(2)21/h5-7,15,17-19H,8H2,1-4H3/t15-,17+,18-,19-/m1/s1. The molecule has 0 unspecified atom stereocenters. The largest absolute Gasteiger partial charge is 0.475 e. The molecule has 10 heteroatoms. The molecule has 0 N–H and O–H groups in total. The molecule has 0 radical (unpaired) electrons. The zero-order valence-corrected chi connectivity index (χ0v) is 17.2. The molecule has 0 amide bonds. The lowest BCUT2D eigenvalue weighted by molar-refractivity contribution is -0.186. The van der Waals surface area contributed by atoms with Crippen LogP contribution in [0.2, 0.25) is 0 Å². The first-order valence-electron chi connectivity index (χ1n) is 8.91. The molecule has 1 aliphatic rings. The first-order chi connectivity index (χ1) is 13.8. The third-order valence-electron chi connectivity index (χ3n) is 4.18. The number of fused-ring (bicyclic) bond motifs is 1. The summed E-state index contributed by atoms with van der Waals surface area (Å²) in [6, 6.07) is 5.26. The molecule has 0 bridgehead atoms. The van der Waals surface area contributed by atoms with E-state index in [0.717, 1.165) is 0 Å². The lowest BCUT2D eigenvalue weighted by Crippen LogP contribution is -2.55. The van der Waals surface area contributed by atoms with E-state index in [2.05, 4.69) is 5.16 Å². The molecule has 2 aromatic rings. The van der Waals surface area contributed by atoms with E-state index in [-0.39, 0.29) is 0 Å². The van der Waals surface area contributed by atoms with Crippen LogP contribution in [-0.2, 0) is 28.6 Å². The monoisotopic (exact) mass is 423 g/mol. The number of aryl methyl sites for hydroxylation is 1. The highest BCUT2D eigenvalue weighted by molar-refractivity contribution is 7.99. The lowest BCUT2D eigenvalue weighted by Gasteiger charge is -2.39. The predicted octanol–water partition coefficient (Wildman–Crippen LogP) is 2.38. The number of hydrogen-bond acceptors (Lipinski definition) is 10. The van der Waals surface area contributed by atoms with Crippen LogP contribution < -0.4 is 4.74 Å². The van der Waals surface area contributed by atoms with Gasteiger partial charge in [0.15, 0.2) is 29.3 Å². The Hall–Kier alpha value is -2.75. The minimum atomic E-state index is -1.01. The molecular formula is C19H21NO8S. The van der Waals surface area contributed by atoms with E-state index in [1.165, 1.54) is 32.5 Å². The summed E-state index contributed by atoms with van der Waals surface area (Å²) in [7, 11) is 0. The zero-order chi connectivity index (χ0) is 21.1. The molecule has 1 aliphatic heterocycles. The number of esters is 3. The maximum atomic E-state index is 11.7. The van der Waals surface area contributed by atoms with Crippen LogP contribution in [0, 0.1) is 6.92 Å². The zero-order valence-electron chi connectivity index (χ0n) is 16.4. The summed E-state index contributed by atoms with van der Waals surface area (Å²) < 4.78 is 27.5. The second-order valence-electron chi connectivity index (χ2n) is 6.51. The Bertz CT molecular complexity index is 926. The van der Waals surface area contributed by atoms with E-state index in [0.29, 0.717) is 28.2 Å². The van der Waals surface area contributed by atoms with Crippen molar-refractivity contribution < 1.29 is 37.9 Å². The lowest BCUT2D eigenvalue weighted by atomic mass is 10.1. The second kappa shape index (κ2) is 8.73. The van der Waals surface area contributed by atoms with Crippen LogP contribution >= 0.6 is 11.8 Å². The third kappa shape index (κ3) is 4.81. The van der Waals surface area contributed by atoms with E-state index in [4.69, 9.17) is 23.5 Å². The van der Waals surface area contributed by atoms with Gasteiger partial charge in [-0.1, -0.05) is 11.2 Å². The maximum absolute atomic E-state index is 11.7. The van der Waals surface area contributed by atoms with Crippen molar-refractivity contribution in [3.8, 4) is 5.75 Å². The molecule has 29 heavy (non-hydrogen) atoms. The number of aromatic nitrogens is 1. The average molecular weight is 423 g/mol. The SMILES string of the molecule is CC(=O)O[C@@H]1[C@@H](OC(C)=O)[C@H](OC(C)=O)CS[C@H]1Oc1cccc2onc(C)c12. The number of benzene rings is 1. The van der Waals surface area contributed by atoms with Crippen molar-refractivity contribution in [1.82, 2.24) is 5.16 Å². The summed E-state index contributed by atoms with van der Waals surface area (Å²) in [6.45, 7) is 5.52. The molecular weight excluding hydrogens is 402 g/mol. The van der Waals surface area contributed by atoms with Crippen LogP contribution in [0.1, 0.15) is 26.5 Å². The minimum absolute atomic E-state index is 0.290. The molecule has 1 aromatic heterocycles. The van der Waals surface area contributed by atoms with Gasteiger partial charge in [0.05, 0.1) is 11.1 Å². The van der Waals surface area contributed by atoms with Crippen LogP contribution in [0.5, 0.6) is 5.75 Å². The van der Waals surface area contributed by atoms with Gasteiger partial charge >= 0.3 is 17.9 Å². The summed E-state index contributed by atoms with van der Waals surface area (Å²) in [5.41, 5.74) is 0.490. The minimum Gasteiger partial charge on any atom is -0.475 e. The highest BCUT2D eigenvalue weighted by Gasteiger charge is 2.47. The maximum Gasteiger partial charge on any atom is 0.303 e. The molecule has 3 rings (SSSR count). The van der Waals surface area contributed by atoms with Crippen molar-refractivity contribution >= 4 is 40.6 Å². The Morgan fingerprint density at radius 2 is 1.69 bits per heavy atom. The normalized spacial score (nSPS) is 24.0. The van der Waals surface area contributed by atoms with E-state index >= 15 is 0 Å². The molecule has 1 saturated heterocycles. The summed E-state index contributed by atoms with van der Waals surface area (Å²) in [5, 5.41) is 4.64. The fourth-order valence-corrected chi connectivity index (χ4v) is 4.35. The van der Waals surface area contributed by atoms with E-state index in [9.17, 15) is 14.4 Å². The number of nitrogens with zero attached hydrogens (tertiary/aromatic N) is 1. The van der Waals surface area contributed by atoms with Crippen molar-refractivity contribution in [2.45, 2.75) is 51.4 Å². The Labute approximate surface area is 171 Å². The van der Waals surface area contributed by atoms with Gasteiger partial charge in [-0.2, -0.15) is 0 Å². The Kier molecular flexibility index (Phi) is 6.31. The summed E-state index contributed by atoms with van der Waals surface area (Å²) in [4.78, 5) is 34.9. The molecule has 0 aliphatic carbocycles. The first-order valence-corrected chi connectivity index (χ1v) is 9.96. The first kappa shape index (κ1) is 21.0. The van der Waals surface area contributed by atoms with Crippen molar-refractivity contribution in [3.63, 3.8) is 0 Å². The number of carbonyl (C=O) groups is 3. The van der Waals surface area contributed by atoms with Gasteiger partial charge in [0.1, 0.15) is 5.75 Å². The van der Waals surface area contributed by atoms with Crippen molar-refractivity contribution in [2.24, 2.45) is 0 Å². The number of rotatable bonds is 5. The highest BCUT2D eigenvalue weighted by atomic mass is 32.2. The summed E-state index contributed by atoms with van der Waals surface area (Å²) in [5.74, 6) is -0.920. The topological polar surface area (TPSA) is 114 Å². The number of thioether (sulfide) groups is 1. The summed E-state index contributed by atoms with van der Waals surface area (Å²) >= 11 is 1.29. The van der Waals surface area contributed by atoms with E-state index < -0.39 is 41.7 Å². The van der Waals surface area contributed by atoms with Crippen molar-refractivity contribution in [3.05, 3.63) is 23.9 Å². The van der Waals surface area contributed by atoms with Gasteiger partial charge in [0.2, 0.25) is 0 Å². The fourth-order valence-electron chi connectivity index (χ4n) is 3.14. The van der Waals surface area contributed by atoms with Crippen LogP contribution in [0.15, 0.2) is 22.7 Å². The molecule has 0 saturated carbocycles. The smallest absolute Gasteiger partial charge is 0.303 e. The van der Waals surface area contributed by atoms with Gasteiger partial charge in [0, 0.05) is 26.5 Å². The number of hydrogen-bond donors (Lipinski definition) is 0. The molecule has 156 valence electrons. The van der Waals surface area contributed by atoms with Gasteiger partial charge in [-0.05, 0) is 19.1 Å². The van der Waals surface area contributed by atoms with Crippen LogP contribution in [0.3, 0.4) is 0 Å². The Balaban J connectivity index is 1.93. The van der Waals surface area contributed by atoms with Crippen molar-refractivity contribution in [1.29, 1.82) is 0 Å². The number of ether oxygens (including phenoxy) is 4. The van der Waals surface area contributed by atoms with Crippen LogP contribution in [0.4, 0.5) is 0 Å². The number of carbonyl (C=O) groups excluding carboxylic acids is 3.